The standard InChI is InChI=1S/C10H8ClNO2/c11-9-4-2-1-3-7(9)5-8-6-10(13)14-12-8/h1-4,6,12H,5H2. The Morgan fingerprint density at radius 2 is 2.14 bits per heavy atom. The van der Waals surface area contributed by atoms with Gasteiger partial charge >= 0.3 is 5.63 Å². The highest BCUT2D eigenvalue weighted by Crippen LogP contribution is 2.17. The summed E-state index contributed by atoms with van der Waals surface area (Å²) in [7, 11) is 0. The molecule has 3 nitrogen and oxygen atoms in total. The third-order valence-corrected chi connectivity index (χ3v) is 2.28. The lowest BCUT2D eigenvalue weighted by Crippen LogP contribution is -1.90. The largest absolute Gasteiger partial charge is 0.357 e. The van der Waals surface area contributed by atoms with Crippen LogP contribution in [0.25, 0.3) is 0 Å². The van der Waals surface area contributed by atoms with E-state index in [1.165, 1.54) is 6.07 Å². The van der Waals surface area contributed by atoms with E-state index in [9.17, 15) is 4.79 Å². The molecule has 1 aromatic heterocycles. The number of benzene rings is 1. The maximum absolute atomic E-state index is 10.7. The molecule has 0 saturated heterocycles. The van der Waals surface area contributed by atoms with Gasteiger partial charge < -0.3 is 4.52 Å². The van der Waals surface area contributed by atoms with E-state index in [1.54, 1.807) is 0 Å². The fourth-order valence-corrected chi connectivity index (χ4v) is 1.45. The van der Waals surface area contributed by atoms with E-state index in [0.717, 1.165) is 11.3 Å². The number of rotatable bonds is 2. The van der Waals surface area contributed by atoms with Crippen molar-refractivity contribution < 1.29 is 4.52 Å². The number of H-pyrrole nitrogens is 1. The molecule has 4 heteroatoms. The summed E-state index contributed by atoms with van der Waals surface area (Å²) in [6.45, 7) is 0. The molecule has 1 aromatic carbocycles. The van der Waals surface area contributed by atoms with Crippen molar-refractivity contribution >= 4 is 11.6 Å². The summed E-state index contributed by atoms with van der Waals surface area (Å²) in [6, 6.07) is 8.91. The Morgan fingerprint density at radius 3 is 2.79 bits per heavy atom. The number of nitrogens with one attached hydrogen (secondary N) is 1. The topological polar surface area (TPSA) is 46.0 Å². The predicted molar refractivity (Wildman–Crippen MR) is 53.6 cm³/mol. The lowest BCUT2D eigenvalue weighted by atomic mass is 10.1. The van der Waals surface area contributed by atoms with Gasteiger partial charge in [0.15, 0.2) is 0 Å². The van der Waals surface area contributed by atoms with Crippen molar-refractivity contribution in [1.29, 1.82) is 0 Å². The summed E-state index contributed by atoms with van der Waals surface area (Å²) in [5.74, 6) is 0. The quantitative estimate of drug-likeness (QED) is 0.824. The fourth-order valence-electron chi connectivity index (χ4n) is 1.25. The van der Waals surface area contributed by atoms with Gasteiger partial charge in [-0.05, 0) is 11.6 Å². The summed E-state index contributed by atoms with van der Waals surface area (Å²) < 4.78 is 4.55. The van der Waals surface area contributed by atoms with Crippen LogP contribution in [0, 0.1) is 0 Å². The van der Waals surface area contributed by atoms with Crippen LogP contribution in [0.15, 0.2) is 39.6 Å². The van der Waals surface area contributed by atoms with Gasteiger partial charge in [-0.3, -0.25) is 0 Å². The monoisotopic (exact) mass is 209 g/mol. The van der Waals surface area contributed by atoms with Crippen molar-refractivity contribution in [3.8, 4) is 0 Å². The predicted octanol–water partition coefficient (Wildman–Crippen LogP) is 2.21. The lowest BCUT2D eigenvalue weighted by Gasteiger charge is -1.99. The molecule has 0 saturated carbocycles. The Morgan fingerprint density at radius 1 is 1.36 bits per heavy atom. The van der Waals surface area contributed by atoms with E-state index in [4.69, 9.17) is 11.6 Å². The number of hydrogen-bond acceptors (Lipinski definition) is 2. The molecule has 0 atom stereocenters. The van der Waals surface area contributed by atoms with Crippen LogP contribution in [0.5, 0.6) is 0 Å². The van der Waals surface area contributed by atoms with Gasteiger partial charge in [0.2, 0.25) is 0 Å². The summed E-state index contributed by atoms with van der Waals surface area (Å²) in [5.41, 5.74) is 1.32. The number of hydrogen-bond donors (Lipinski definition) is 1. The molecular weight excluding hydrogens is 202 g/mol. The smallest absolute Gasteiger partial charge is 0.339 e. The van der Waals surface area contributed by atoms with Crippen molar-refractivity contribution in [3.05, 3.63) is 57.0 Å². The molecule has 0 amide bonds. The zero-order chi connectivity index (χ0) is 9.97. The highest BCUT2D eigenvalue weighted by molar-refractivity contribution is 6.31. The van der Waals surface area contributed by atoms with Crippen molar-refractivity contribution in [3.63, 3.8) is 0 Å². The van der Waals surface area contributed by atoms with Gasteiger partial charge in [0.25, 0.3) is 0 Å². The van der Waals surface area contributed by atoms with E-state index in [2.05, 4.69) is 9.68 Å². The maximum Gasteiger partial charge on any atom is 0.357 e. The molecule has 0 unspecified atom stereocenters. The zero-order valence-corrected chi connectivity index (χ0v) is 8.04. The van der Waals surface area contributed by atoms with E-state index in [0.29, 0.717) is 11.4 Å². The average Bonchev–Trinajstić information content (AvgIpc) is 2.56. The van der Waals surface area contributed by atoms with Crippen LogP contribution >= 0.6 is 11.6 Å². The molecule has 0 spiro atoms. The first-order valence-corrected chi connectivity index (χ1v) is 4.54. The molecule has 0 bridgehead atoms. The molecule has 0 radical (unpaired) electrons. The van der Waals surface area contributed by atoms with Crippen molar-refractivity contribution in [2.24, 2.45) is 0 Å². The first-order valence-electron chi connectivity index (χ1n) is 4.16. The second kappa shape index (κ2) is 3.72. The van der Waals surface area contributed by atoms with Crippen LogP contribution in [0.1, 0.15) is 11.3 Å². The first-order chi connectivity index (χ1) is 6.75. The number of aromatic nitrogens is 1. The van der Waals surface area contributed by atoms with Crippen LogP contribution in [0.2, 0.25) is 5.02 Å². The van der Waals surface area contributed by atoms with Crippen LogP contribution in [0.4, 0.5) is 0 Å². The Labute approximate surface area is 85.3 Å². The molecule has 0 fully saturated rings. The van der Waals surface area contributed by atoms with E-state index >= 15 is 0 Å². The van der Waals surface area contributed by atoms with Gasteiger partial charge in [-0.1, -0.05) is 29.8 Å². The molecular formula is C10H8ClNO2. The summed E-state index contributed by atoms with van der Waals surface area (Å²) in [5, 5.41) is 3.22. The van der Waals surface area contributed by atoms with Crippen molar-refractivity contribution in [1.82, 2.24) is 5.16 Å². The van der Waals surface area contributed by atoms with E-state index < -0.39 is 0 Å². The Bertz CT molecular complexity index is 487. The van der Waals surface area contributed by atoms with Crippen LogP contribution in [-0.2, 0) is 6.42 Å². The van der Waals surface area contributed by atoms with Gasteiger partial charge in [-0.15, -0.1) is 0 Å². The maximum atomic E-state index is 10.7. The number of halogens is 1. The van der Waals surface area contributed by atoms with Crippen molar-refractivity contribution in [2.75, 3.05) is 0 Å². The molecule has 14 heavy (non-hydrogen) atoms. The van der Waals surface area contributed by atoms with E-state index in [1.807, 2.05) is 24.3 Å². The summed E-state index contributed by atoms with van der Waals surface area (Å²) >= 11 is 5.96. The molecule has 2 rings (SSSR count). The first kappa shape index (κ1) is 9.09. The van der Waals surface area contributed by atoms with Crippen LogP contribution in [-0.4, -0.2) is 5.16 Å². The minimum atomic E-state index is -0.368. The highest BCUT2D eigenvalue weighted by atomic mass is 35.5. The minimum Gasteiger partial charge on any atom is -0.339 e. The minimum absolute atomic E-state index is 0.368. The molecule has 0 aliphatic heterocycles. The van der Waals surface area contributed by atoms with Crippen molar-refractivity contribution in [2.45, 2.75) is 6.42 Å². The zero-order valence-electron chi connectivity index (χ0n) is 7.29. The molecule has 2 aromatic rings. The average molecular weight is 210 g/mol. The Kier molecular flexibility index (Phi) is 2.41. The molecule has 1 heterocycles. The fraction of sp³-hybridized carbons (Fsp3) is 0.100. The van der Waals surface area contributed by atoms with Gasteiger partial charge in [-0.25, -0.2) is 9.95 Å². The second-order valence-electron chi connectivity index (χ2n) is 2.96. The normalized spacial score (nSPS) is 10.4. The van der Waals surface area contributed by atoms with Crippen LogP contribution in [0.3, 0.4) is 0 Å². The third kappa shape index (κ3) is 1.88. The second-order valence-corrected chi connectivity index (χ2v) is 3.37. The van der Waals surface area contributed by atoms with Crippen LogP contribution < -0.4 is 5.63 Å². The molecule has 1 N–H and O–H groups in total. The SMILES string of the molecule is O=c1cc(Cc2ccccc2Cl)[nH]o1. The third-order valence-electron chi connectivity index (χ3n) is 1.91. The molecule has 0 aliphatic carbocycles. The summed E-state index contributed by atoms with van der Waals surface area (Å²) in [4.78, 5) is 10.7. The van der Waals surface area contributed by atoms with Gasteiger partial charge in [0.1, 0.15) is 0 Å². The Hall–Kier alpha value is -1.48. The molecule has 72 valence electrons. The van der Waals surface area contributed by atoms with Gasteiger partial charge in [0, 0.05) is 17.5 Å². The number of aromatic amines is 1. The van der Waals surface area contributed by atoms with E-state index in [-0.39, 0.29) is 5.63 Å². The van der Waals surface area contributed by atoms with Gasteiger partial charge in [0.05, 0.1) is 5.69 Å². The highest BCUT2D eigenvalue weighted by Gasteiger charge is 2.03. The molecule has 0 aliphatic rings. The summed E-state index contributed by atoms with van der Waals surface area (Å²) in [6.07, 6.45) is 0.575. The van der Waals surface area contributed by atoms with Gasteiger partial charge in [-0.2, -0.15) is 0 Å². The Balaban J connectivity index is 2.27. The lowest BCUT2D eigenvalue weighted by molar-refractivity contribution is 0.386.